The second-order valence-electron chi connectivity index (χ2n) is 5.84. The molecular formula is C20H18N3OS2+. The molecule has 0 unspecified atom stereocenters. The Kier molecular flexibility index (Phi) is 4.86. The summed E-state index contributed by atoms with van der Waals surface area (Å²) in [6.07, 6.45) is 1.96. The summed E-state index contributed by atoms with van der Waals surface area (Å²) in [5.74, 6) is -0.201. The van der Waals surface area contributed by atoms with Crippen LogP contribution in [-0.2, 0) is 6.54 Å². The second-order valence-corrected chi connectivity index (χ2v) is 7.45. The third-order valence-electron chi connectivity index (χ3n) is 4.28. The monoisotopic (exact) mass is 380 g/mol. The van der Waals surface area contributed by atoms with Gasteiger partial charge in [0.2, 0.25) is 0 Å². The SMILES string of the molecule is CSC(=NC(=O)c1ccccc1)N1CC[n+]2c(-c3ccccc3)csc21. The molecule has 2 heterocycles. The van der Waals surface area contributed by atoms with Crippen molar-refractivity contribution in [2.45, 2.75) is 6.54 Å². The minimum absolute atomic E-state index is 0.201. The fraction of sp³-hybridized carbons (Fsp3) is 0.150. The van der Waals surface area contributed by atoms with E-state index in [0.29, 0.717) is 5.56 Å². The largest absolute Gasteiger partial charge is 0.343 e. The number of aliphatic imine (C=N–C) groups is 1. The molecule has 3 aromatic rings. The van der Waals surface area contributed by atoms with E-state index in [9.17, 15) is 4.79 Å². The van der Waals surface area contributed by atoms with Crippen LogP contribution in [0, 0.1) is 0 Å². The third kappa shape index (κ3) is 3.18. The Labute approximate surface area is 160 Å². The van der Waals surface area contributed by atoms with Gasteiger partial charge in [0, 0.05) is 16.5 Å². The van der Waals surface area contributed by atoms with Crippen LogP contribution in [0.4, 0.5) is 5.13 Å². The number of hydrogen-bond donors (Lipinski definition) is 0. The van der Waals surface area contributed by atoms with Crippen molar-refractivity contribution in [1.29, 1.82) is 0 Å². The molecule has 2 aromatic carbocycles. The topological polar surface area (TPSA) is 36.6 Å². The van der Waals surface area contributed by atoms with Crippen molar-refractivity contribution in [2.75, 3.05) is 17.7 Å². The minimum Gasteiger partial charge on any atom is -0.267 e. The molecule has 0 fully saturated rings. The number of carbonyl (C=O) groups excluding carboxylic acids is 1. The van der Waals surface area contributed by atoms with E-state index < -0.39 is 0 Å². The maximum atomic E-state index is 12.5. The van der Waals surface area contributed by atoms with Crippen LogP contribution in [-0.4, -0.2) is 23.9 Å². The number of thiazole rings is 1. The number of rotatable bonds is 2. The van der Waals surface area contributed by atoms with Crippen molar-refractivity contribution in [3.63, 3.8) is 0 Å². The molecule has 1 aliphatic rings. The third-order valence-corrected chi connectivity index (χ3v) is 5.95. The first kappa shape index (κ1) is 17.0. The summed E-state index contributed by atoms with van der Waals surface area (Å²) < 4.78 is 2.30. The molecule has 1 aliphatic heterocycles. The molecule has 4 rings (SSSR count). The predicted molar refractivity (Wildman–Crippen MR) is 109 cm³/mol. The normalized spacial score (nSPS) is 13.7. The molecule has 0 radical (unpaired) electrons. The van der Waals surface area contributed by atoms with E-state index in [1.54, 1.807) is 23.5 Å². The summed E-state index contributed by atoms with van der Waals surface area (Å²) in [4.78, 5) is 19.0. The van der Waals surface area contributed by atoms with E-state index in [1.807, 2.05) is 30.5 Å². The van der Waals surface area contributed by atoms with Crippen LogP contribution >= 0.6 is 23.1 Å². The Morgan fingerprint density at radius 1 is 1.12 bits per heavy atom. The molecule has 6 heteroatoms. The lowest BCUT2D eigenvalue weighted by atomic mass is 10.2. The van der Waals surface area contributed by atoms with E-state index in [0.717, 1.165) is 23.4 Å². The zero-order chi connectivity index (χ0) is 17.9. The Morgan fingerprint density at radius 2 is 1.81 bits per heavy atom. The summed E-state index contributed by atoms with van der Waals surface area (Å²) in [7, 11) is 0. The van der Waals surface area contributed by atoms with E-state index in [-0.39, 0.29) is 5.91 Å². The molecule has 0 saturated carbocycles. The maximum Gasteiger partial charge on any atom is 0.343 e. The van der Waals surface area contributed by atoms with Crippen molar-refractivity contribution in [2.24, 2.45) is 4.99 Å². The van der Waals surface area contributed by atoms with Gasteiger partial charge in [0.25, 0.3) is 11.1 Å². The van der Waals surface area contributed by atoms with Crippen molar-refractivity contribution in [3.8, 4) is 11.3 Å². The number of hydrogen-bond acceptors (Lipinski definition) is 3. The van der Waals surface area contributed by atoms with Crippen LogP contribution in [0.15, 0.2) is 71.0 Å². The molecule has 130 valence electrons. The van der Waals surface area contributed by atoms with Gasteiger partial charge in [-0.2, -0.15) is 9.89 Å². The van der Waals surface area contributed by atoms with Crippen LogP contribution in [0.1, 0.15) is 10.4 Å². The average Bonchev–Trinajstić information content (AvgIpc) is 3.29. The van der Waals surface area contributed by atoms with Gasteiger partial charge in [-0.25, -0.2) is 4.57 Å². The first-order chi connectivity index (χ1) is 12.8. The number of nitrogens with zero attached hydrogens (tertiary/aromatic N) is 3. The Balaban J connectivity index is 1.65. The summed E-state index contributed by atoms with van der Waals surface area (Å²) >= 11 is 3.20. The zero-order valence-corrected chi connectivity index (χ0v) is 16.0. The summed E-state index contributed by atoms with van der Waals surface area (Å²) in [6.45, 7) is 1.72. The lowest BCUT2D eigenvalue weighted by Crippen LogP contribution is -2.31. The highest BCUT2D eigenvalue weighted by atomic mass is 32.2. The van der Waals surface area contributed by atoms with Gasteiger partial charge in [0.05, 0.1) is 0 Å². The molecular weight excluding hydrogens is 362 g/mol. The van der Waals surface area contributed by atoms with Crippen molar-refractivity contribution in [3.05, 3.63) is 71.6 Å². The first-order valence-corrected chi connectivity index (χ1v) is 10.4. The van der Waals surface area contributed by atoms with Crippen LogP contribution in [0.3, 0.4) is 0 Å². The molecule has 0 N–H and O–H groups in total. The quantitative estimate of drug-likeness (QED) is 0.382. The highest BCUT2D eigenvalue weighted by Gasteiger charge is 2.36. The molecule has 4 nitrogen and oxygen atoms in total. The van der Waals surface area contributed by atoms with Gasteiger partial charge in [-0.15, -0.1) is 0 Å². The van der Waals surface area contributed by atoms with E-state index in [4.69, 9.17) is 0 Å². The van der Waals surface area contributed by atoms with Crippen LogP contribution in [0.5, 0.6) is 0 Å². The number of thioether (sulfide) groups is 1. The standard InChI is InChI=1S/C20H18N3OS2/c1-25-19(21-18(24)16-10-6-3-7-11-16)23-13-12-22-17(14-26-20(22)23)15-8-4-2-5-9-15/h2-11,14H,12-13H2,1H3/q+1. The lowest BCUT2D eigenvalue weighted by Gasteiger charge is -2.08. The Morgan fingerprint density at radius 3 is 2.50 bits per heavy atom. The smallest absolute Gasteiger partial charge is 0.267 e. The summed E-state index contributed by atoms with van der Waals surface area (Å²) in [5, 5.41) is 4.04. The predicted octanol–water partition coefficient (Wildman–Crippen LogP) is 4.08. The summed E-state index contributed by atoms with van der Waals surface area (Å²) in [5.41, 5.74) is 3.03. The average molecular weight is 381 g/mol. The van der Waals surface area contributed by atoms with Crippen molar-refractivity contribution in [1.82, 2.24) is 0 Å². The number of anilines is 1. The van der Waals surface area contributed by atoms with Crippen LogP contribution in [0.2, 0.25) is 0 Å². The number of amides is 1. The highest BCUT2D eigenvalue weighted by Crippen LogP contribution is 2.30. The second kappa shape index (κ2) is 7.43. The molecule has 0 bridgehead atoms. The van der Waals surface area contributed by atoms with Gasteiger partial charge < -0.3 is 0 Å². The molecule has 0 saturated heterocycles. The summed E-state index contributed by atoms with van der Waals surface area (Å²) in [6, 6.07) is 19.6. The van der Waals surface area contributed by atoms with Gasteiger partial charge in [0.15, 0.2) is 0 Å². The van der Waals surface area contributed by atoms with Gasteiger partial charge in [-0.3, -0.25) is 4.79 Å². The van der Waals surface area contributed by atoms with Crippen molar-refractivity contribution < 1.29 is 9.36 Å². The number of amidine groups is 1. The van der Waals surface area contributed by atoms with Gasteiger partial charge in [-0.05, 0) is 18.4 Å². The van der Waals surface area contributed by atoms with E-state index in [1.165, 1.54) is 23.0 Å². The molecule has 1 aromatic heterocycles. The minimum atomic E-state index is -0.201. The maximum absolute atomic E-state index is 12.5. The highest BCUT2D eigenvalue weighted by molar-refractivity contribution is 8.13. The molecule has 0 atom stereocenters. The zero-order valence-electron chi connectivity index (χ0n) is 14.3. The van der Waals surface area contributed by atoms with Gasteiger partial charge in [-0.1, -0.05) is 71.6 Å². The van der Waals surface area contributed by atoms with Gasteiger partial charge >= 0.3 is 5.13 Å². The van der Waals surface area contributed by atoms with Gasteiger partial charge in [0.1, 0.15) is 18.8 Å². The molecule has 0 spiro atoms. The molecule has 1 amide bonds. The number of carbonyl (C=O) groups is 1. The van der Waals surface area contributed by atoms with Crippen LogP contribution < -0.4 is 9.47 Å². The van der Waals surface area contributed by atoms with E-state index >= 15 is 0 Å². The number of fused-ring (bicyclic) bond motifs is 1. The number of aromatic nitrogens is 1. The van der Waals surface area contributed by atoms with Crippen molar-refractivity contribution >= 4 is 39.3 Å². The Bertz CT molecular complexity index is 952. The molecule has 0 aliphatic carbocycles. The fourth-order valence-electron chi connectivity index (χ4n) is 3.02. The Hall–Kier alpha value is -2.44. The van der Waals surface area contributed by atoms with E-state index in [2.05, 4.69) is 44.1 Å². The number of benzene rings is 2. The molecule has 26 heavy (non-hydrogen) atoms. The first-order valence-electron chi connectivity index (χ1n) is 8.34. The fourth-order valence-corrected chi connectivity index (χ4v) is 4.75. The van der Waals surface area contributed by atoms with Crippen LogP contribution in [0.25, 0.3) is 11.3 Å². The lowest BCUT2D eigenvalue weighted by molar-refractivity contribution is -0.655.